The van der Waals surface area contributed by atoms with Gasteiger partial charge in [-0.2, -0.15) is 0 Å². The molecular weight excluding hydrogens is 316 g/mol. The first-order valence-electron chi connectivity index (χ1n) is 6.90. The van der Waals surface area contributed by atoms with Crippen molar-refractivity contribution >= 4 is 18.3 Å². The molecule has 0 aromatic carbocycles. The van der Waals surface area contributed by atoms with Crippen LogP contribution in [0.3, 0.4) is 0 Å². The number of rotatable bonds is 6. The van der Waals surface area contributed by atoms with E-state index in [2.05, 4.69) is 15.6 Å². The molecule has 2 rings (SSSR count). The maximum Gasteiger partial charge on any atom is 0.272 e. The summed E-state index contributed by atoms with van der Waals surface area (Å²) in [6.45, 7) is 2.25. The summed E-state index contributed by atoms with van der Waals surface area (Å²) in [5.74, 6) is 0.0490. The van der Waals surface area contributed by atoms with Gasteiger partial charge in [-0.25, -0.2) is 13.8 Å². The van der Waals surface area contributed by atoms with Crippen molar-refractivity contribution in [2.75, 3.05) is 13.2 Å². The van der Waals surface area contributed by atoms with E-state index in [0.29, 0.717) is 5.69 Å². The average Bonchev–Trinajstić information content (AvgIpc) is 2.91. The third kappa shape index (κ3) is 5.06. The second-order valence-electron chi connectivity index (χ2n) is 5.21. The van der Waals surface area contributed by atoms with E-state index in [1.54, 1.807) is 12.1 Å². The van der Waals surface area contributed by atoms with Crippen molar-refractivity contribution in [1.29, 1.82) is 0 Å². The molecule has 22 heavy (non-hydrogen) atoms. The number of nitrogens with zero attached hydrogens (tertiary/aromatic N) is 1. The smallest absolute Gasteiger partial charge is 0.272 e. The molecule has 1 saturated heterocycles. The van der Waals surface area contributed by atoms with Crippen molar-refractivity contribution in [3.8, 4) is 5.88 Å². The van der Waals surface area contributed by atoms with Crippen LogP contribution in [-0.2, 0) is 11.3 Å². The van der Waals surface area contributed by atoms with Crippen LogP contribution < -0.4 is 15.4 Å². The number of pyridine rings is 1. The molecule has 8 heteroatoms. The summed E-state index contributed by atoms with van der Waals surface area (Å²) in [6.07, 6.45) is -0.772. The number of hydrogen-bond donors (Lipinski definition) is 2. The van der Waals surface area contributed by atoms with Gasteiger partial charge in [-0.1, -0.05) is 6.07 Å². The molecule has 0 aliphatic carbocycles. The summed E-state index contributed by atoms with van der Waals surface area (Å²) < 4.78 is 29.0. The number of ether oxygens (including phenoxy) is 1. The number of carbonyl (C=O) groups is 1. The van der Waals surface area contributed by atoms with Gasteiger partial charge in [0.2, 0.25) is 11.8 Å². The van der Waals surface area contributed by atoms with Crippen LogP contribution in [0.1, 0.15) is 25.5 Å². The summed E-state index contributed by atoms with van der Waals surface area (Å²) in [6, 6.07) is 4.87. The van der Waals surface area contributed by atoms with Gasteiger partial charge < -0.3 is 15.4 Å². The summed E-state index contributed by atoms with van der Waals surface area (Å²) in [5.41, 5.74) is 0.0285. The average molecular weight is 336 g/mol. The van der Waals surface area contributed by atoms with E-state index in [9.17, 15) is 13.6 Å². The summed E-state index contributed by atoms with van der Waals surface area (Å²) in [7, 11) is 0. The fourth-order valence-electron chi connectivity index (χ4n) is 2.24. The van der Waals surface area contributed by atoms with Gasteiger partial charge in [0.15, 0.2) is 6.61 Å². The Morgan fingerprint density at radius 3 is 2.95 bits per heavy atom. The Morgan fingerprint density at radius 2 is 2.32 bits per heavy atom. The number of amides is 1. The fourth-order valence-corrected chi connectivity index (χ4v) is 2.24. The molecule has 1 amide bonds. The molecule has 1 aliphatic heterocycles. The molecule has 1 atom stereocenters. The van der Waals surface area contributed by atoms with Crippen molar-refractivity contribution < 1.29 is 18.3 Å². The first kappa shape index (κ1) is 18.6. The normalized spacial score (nSPS) is 20.5. The molecule has 1 fully saturated rings. The Hall–Kier alpha value is -1.47. The number of carbonyl (C=O) groups excluding carboxylic acids is 1. The zero-order valence-corrected chi connectivity index (χ0v) is 13.1. The minimum Gasteiger partial charge on any atom is -0.472 e. The number of nitrogens with one attached hydrogen (secondary N) is 2. The Bertz CT molecular complexity index is 497. The zero-order valence-electron chi connectivity index (χ0n) is 12.3. The maximum absolute atomic E-state index is 12.1. The van der Waals surface area contributed by atoms with Crippen LogP contribution in [0.5, 0.6) is 5.88 Å². The van der Waals surface area contributed by atoms with E-state index >= 15 is 0 Å². The van der Waals surface area contributed by atoms with Crippen LogP contribution in [-0.4, -0.2) is 36.0 Å². The van der Waals surface area contributed by atoms with E-state index in [1.165, 1.54) is 6.07 Å². The van der Waals surface area contributed by atoms with Crippen LogP contribution in [0.2, 0.25) is 0 Å². The van der Waals surface area contributed by atoms with Gasteiger partial charge >= 0.3 is 0 Å². The largest absolute Gasteiger partial charge is 0.472 e. The fraction of sp³-hybridized carbons (Fsp3) is 0.571. The Kier molecular flexibility index (Phi) is 6.96. The van der Waals surface area contributed by atoms with E-state index in [0.717, 1.165) is 19.4 Å². The lowest BCUT2D eigenvalue weighted by Gasteiger charge is -2.22. The first-order chi connectivity index (χ1) is 9.99. The summed E-state index contributed by atoms with van der Waals surface area (Å²) in [5, 5.41) is 5.98. The third-order valence-electron chi connectivity index (χ3n) is 3.44. The Balaban J connectivity index is 0.00000242. The molecule has 1 aromatic rings. The van der Waals surface area contributed by atoms with E-state index in [1.807, 2.05) is 6.92 Å². The van der Waals surface area contributed by atoms with Crippen molar-refractivity contribution in [2.45, 2.75) is 38.3 Å². The van der Waals surface area contributed by atoms with Gasteiger partial charge in [-0.05, 0) is 32.4 Å². The highest BCUT2D eigenvalue weighted by molar-refractivity contribution is 5.86. The lowest BCUT2D eigenvalue weighted by atomic mass is 9.99. The predicted octanol–water partition coefficient (Wildman–Crippen LogP) is 1.91. The second-order valence-corrected chi connectivity index (χ2v) is 5.21. The molecule has 0 bridgehead atoms. The standard InChI is InChI=1S/C14H19F2N3O2.ClH/c1-14(6-3-7-18-14)13(20)17-8-10-4-2-5-12(19-10)21-9-11(15)16;/h2,4-5,11,18H,3,6-9H2,1H3,(H,17,20);1H. The third-order valence-corrected chi connectivity index (χ3v) is 3.44. The molecule has 2 heterocycles. The molecule has 2 N–H and O–H groups in total. The summed E-state index contributed by atoms with van der Waals surface area (Å²) >= 11 is 0. The monoisotopic (exact) mass is 335 g/mol. The van der Waals surface area contributed by atoms with Gasteiger partial charge in [0.05, 0.1) is 17.8 Å². The highest BCUT2D eigenvalue weighted by atomic mass is 35.5. The molecule has 1 aromatic heterocycles. The minimum absolute atomic E-state index is 0. The first-order valence-corrected chi connectivity index (χ1v) is 6.90. The van der Waals surface area contributed by atoms with Crippen molar-refractivity contribution in [2.24, 2.45) is 0 Å². The topological polar surface area (TPSA) is 63.2 Å². The van der Waals surface area contributed by atoms with Gasteiger partial charge in [0.25, 0.3) is 6.43 Å². The lowest BCUT2D eigenvalue weighted by Crippen LogP contribution is -2.50. The predicted molar refractivity (Wildman–Crippen MR) is 80.5 cm³/mol. The molecule has 5 nitrogen and oxygen atoms in total. The van der Waals surface area contributed by atoms with Gasteiger partial charge in [0.1, 0.15) is 0 Å². The van der Waals surface area contributed by atoms with Crippen molar-refractivity contribution in [3.05, 3.63) is 23.9 Å². The number of halogens is 3. The molecule has 124 valence electrons. The highest BCUT2D eigenvalue weighted by Gasteiger charge is 2.35. The summed E-state index contributed by atoms with van der Waals surface area (Å²) in [4.78, 5) is 16.2. The molecule has 0 saturated carbocycles. The number of aromatic nitrogens is 1. The molecule has 0 spiro atoms. The SMILES string of the molecule is CC1(C(=O)NCc2cccc(OCC(F)F)n2)CCCN1.Cl. The van der Waals surface area contributed by atoms with Crippen LogP contribution >= 0.6 is 12.4 Å². The highest BCUT2D eigenvalue weighted by Crippen LogP contribution is 2.18. The lowest BCUT2D eigenvalue weighted by molar-refractivity contribution is -0.126. The van der Waals surface area contributed by atoms with Crippen LogP contribution in [0, 0.1) is 0 Å². The van der Waals surface area contributed by atoms with E-state index in [-0.39, 0.29) is 30.7 Å². The number of alkyl halides is 2. The maximum atomic E-state index is 12.1. The van der Waals surface area contributed by atoms with Crippen LogP contribution in [0.15, 0.2) is 18.2 Å². The van der Waals surface area contributed by atoms with Gasteiger partial charge in [-0.15, -0.1) is 12.4 Å². The van der Waals surface area contributed by atoms with Gasteiger partial charge in [0, 0.05) is 6.07 Å². The second kappa shape index (κ2) is 8.24. The number of hydrogen-bond acceptors (Lipinski definition) is 4. The Labute approximate surface area is 134 Å². The molecule has 1 aliphatic rings. The molecule has 1 unspecified atom stereocenters. The zero-order chi connectivity index (χ0) is 15.3. The minimum atomic E-state index is -2.54. The molecular formula is C14H20ClF2N3O2. The van der Waals surface area contributed by atoms with Crippen molar-refractivity contribution in [3.63, 3.8) is 0 Å². The van der Waals surface area contributed by atoms with Crippen LogP contribution in [0.25, 0.3) is 0 Å². The van der Waals surface area contributed by atoms with E-state index < -0.39 is 18.6 Å². The molecule has 0 radical (unpaired) electrons. The quantitative estimate of drug-likeness (QED) is 0.833. The van der Waals surface area contributed by atoms with Gasteiger partial charge in [-0.3, -0.25) is 4.79 Å². The Morgan fingerprint density at radius 1 is 1.55 bits per heavy atom. The van der Waals surface area contributed by atoms with Crippen molar-refractivity contribution in [1.82, 2.24) is 15.6 Å². The van der Waals surface area contributed by atoms with E-state index in [4.69, 9.17) is 4.74 Å². The van der Waals surface area contributed by atoms with Crippen LogP contribution in [0.4, 0.5) is 8.78 Å².